The van der Waals surface area contributed by atoms with Gasteiger partial charge in [-0.2, -0.15) is 0 Å². The Kier molecular flexibility index (Phi) is 2.40. The van der Waals surface area contributed by atoms with Gasteiger partial charge in [0.25, 0.3) is 0 Å². The average Bonchev–Trinajstić information content (AvgIpc) is 2.25. The lowest BCUT2D eigenvalue weighted by Crippen LogP contribution is -2.46. The first-order chi connectivity index (χ1) is 7.74. The van der Waals surface area contributed by atoms with Crippen molar-refractivity contribution in [2.24, 2.45) is 5.92 Å². The van der Waals surface area contributed by atoms with Crippen LogP contribution >= 0.6 is 0 Å². The Hall–Kier alpha value is -1.02. The van der Waals surface area contributed by atoms with E-state index in [0.717, 1.165) is 30.6 Å². The Balaban J connectivity index is 1.76. The van der Waals surface area contributed by atoms with E-state index in [-0.39, 0.29) is 0 Å². The minimum atomic E-state index is 0.838. The van der Waals surface area contributed by atoms with Gasteiger partial charge in [-0.3, -0.25) is 4.90 Å². The molecule has 2 heteroatoms. The molecule has 0 atom stereocenters. The third-order valence-electron chi connectivity index (χ3n) is 4.20. The number of nitrogen functional groups attached to an aromatic ring is 1. The summed E-state index contributed by atoms with van der Waals surface area (Å²) in [4.78, 5) is 2.64. The van der Waals surface area contributed by atoms with Crippen LogP contribution in [0.5, 0.6) is 0 Å². The van der Waals surface area contributed by atoms with Crippen LogP contribution in [0.4, 0.5) is 5.69 Å². The molecule has 2 N–H and O–H groups in total. The normalized spacial score (nSPS) is 29.6. The summed E-state index contributed by atoms with van der Waals surface area (Å²) in [5.74, 6) is 0.937. The number of rotatable bonds is 1. The molecular formula is C14H20N2. The number of anilines is 1. The molecule has 1 fully saturated rings. The van der Waals surface area contributed by atoms with Gasteiger partial charge < -0.3 is 5.73 Å². The van der Waals surface area contributed by atoms with Crippen molar-refractivity contribution in [3.8, 4) is 0 Å². The summed E-state index contributed by atoms with van der Waals surface area (Å²) in [6.07, 6.45) is 3.90. The molecular weight excluding hydrogens is 196 g/mol. The van der Waals surface area contributed by atoms with E-state index in [1.807, 2.05) is 6.07 Å². The largest absolute Gasteiger partial charge is 0.398 e. The SMILES string of the molecule is CC1CC(N2CCc3c(N)cccc3C2)C1. The summed E-state index contributed by atoms with van der Waals surface area (Å²) in [6.45, 7) is 4.66. The lowest BCUT2D eigenvalue weighted by molar-refractivity contribution is 0.0748. The molecule has 0 amide bonds. The molecule has 86 valence electrons. The first kappa shape index (κ1) is 10.2. The van der Waals surface area contributed by atoms with Crippen LogP contribution < -0.4 is 5.73 Å². The van der Waals surface area contributed by atoms with Gasteiger partial charge in [0.2, 0.25) is 0 Å². The van der Waals surface area contributed by atoms with E-state index in [4.69, 9.17) is 5.73 Å². The summed E-state index contributed by atoms with van der Waals surface area (Å²) < 4.78 is 0. The van der Waals surface area contributed by atoms with Gasteiger partial charge in [-0.05, 0) is 42.4 Å². The standard InChI is InChI=1S/C14H20N2/c1-10-7-12(8-10)16-6-5-13-11(9-16)3-2-4-14(13)15/h2-4,10,12H,5-9,15H2,1H3. The fraction of sp³-hybridized carbons (Fsp3) is 0.571. The number of nitrogens with zero attached hydrogens (tertiary/aromatic N) is 1. The first-order valence-corrected chi connectivity index (χ1v) is 6.34. The van der Waals surface area contributed by atoms with E-state index in [1.165, 1.54) is 30.5 Å². The molecule has 1 saturated carbocycles. The van der Waals surface area contributed by atoms with E-state index < -0.39 is 0 Å². The van der Waals surface area contributed by atoms with E-state index in [1.54, 1.807) is 0 Å². The monoisotopic (exact) mass is 216 g/mol. The summed E-state index contributed by atoms with van der Waals surface area (Å²) in [7, 11) is 0. The molecule has 16 heavy (non-hydrogen) atoms. The van der Waals surface area contributed by atoms with Crippen LogP contribution in [0.3, 0.4) is 0 Å². The number of hydrogen-bond acceptors (Lipinski definition) is 2. The van der Waals surface area contributed by atoms with Gasteiger partial charge in [0.05, 0.1) is 0 Å². The highest BCUT2D eigenvalue weighted by molar-refractivity contribution is 5.51. The van der Waals surface area contributed by atoms with E-state index in [0.29, 0.717) is 0 Å². The van der Waals surface area contributed by atoms with Crippen molar-refractivity contribution < 1.29 is 0 Å². The molecule has 0 aromatic heterocycles. The van der Waals surface area contributed by atoms with Crippen molar-refractivity contribution in [2.45, 2.75) is 38.8 Å². The molecule has 0 saturated heterocycles. The summed E-state index contributed by atoms with van der Waals surface area (Å²) in [6, 6.07) is 7.19. The zero-order chi connectivity index (χ0) is 11.1. The third kappa shape index (κ3) is 1.61. The molecule has 1 aliphatic heterocycles. The van der Waals surface area contributed by atoms with Gasteiger partial charge in [0.1, 0.15) is 0 Å². The predicted molar refractivity (Wildman–Crippen MR) is 67.2 cm³/mol. The van der Waals surface area contributed by atoms with Crippen LogP contribution in [0.1, 0.15) is 30.9 Å². The minimum absolute atomic E-state index is 0.838. The van der Waals surface area contributed by atoms with Gasteiger partial charge >= 0.3 is 0 Å². The van der Waals surface area contributed by atoms with Crippen molar-refractivity contribution >= 4 is 5.69 Å². The maximum absolute atomic E-state index is 6.01. The van der Waals surface area contributed by atoms with E-state index in [2.05, 4.69) is 24.0 Å². The smallest absolute Gasteiger partial charge is 0.0350 e. The maximum atomic E-state index is 6.01. The van der Waals surface area contributed by atoms with Gasteiger partial charge in [0, 0.05) is 24.8 Å². The Labute approximate surface area is 97.4 Å². The maximum Gasteiger partial charge on any atom is 0.0350 e. The fourth-order valence-corrected chi connectivity index (χ4v) is 3.13. The highest BCUT2D eigenvalue weighted by Crippen LogP contribution is 2.34. The van der Waals surface area contributed by atoms with Crippen molar-refractivity contribution in [3.63, 3.8) is 0 Å². The summed E-state index contributed by atoms with van der Waals surface area (Å²) >= 11 is 0. The Bertz CT molecular complexity index is 394. The van der Waals surface area contributed by atoms with Crippen LogP contribution in [0.25, 0.3) is 0 Å². The quantitative estimate of drug-likeness (QED) is 0.730. The van der Waals surface area contributed by atoms with Crippen LogP contribution in [0.2, 0.25) is 0 Å². The highest BCUT2D eigenvalue weighted by atomic mass is 15.2. The van der Waals surface area contributed by atoms with E-state index in [9.17, 15) is 0 Å². The molecule has 1 aliphatic carbocycles. The summed E-state index contributed by atoms with van der Waals surface area (Å²) in [5.41, 5.74) is 9.84. The van der Waals surface area contributed by atoms with Crippen LogP contribution in [-0.2, 0) is 13.0 Å². The second kappa shape index (κ2) is 3.77. The summed E-state index contributed by atoms with van der Waals surface area (Å²) in [5, 5.41) is 0. The topological polar surface area (TPSA) is 29.3 Å². The van der Waals surface area contributed by atoms with Crippen LogP contribution in [-0.4, -0.2) is 17.5 Å². The molecule has 0 spiro atoms. The Morgan fingerprint density at radius 2 is 2.12 bits per heavy atom. The molecule has 1 aromatic carbocycles. The van der Waals surface area contributed by atoms with E-state index >= 15 is 0 Å². The second-order valence-electron chi connectivity index (χ2n) is 5.44. The second-order valence-corrected chi connectivity index (χ2v) is 5.44. The molecule has 0 radical (unpaired) electrons. The van der Waals surface area contributed by atoms with Crippen molar-refractivity contribution in [3.05, 3.63) is 29.3 Å². The lowest BCUT2D eigenvalue weighted by Gasteiger charge is -2.44. The molecule has 2 nitrogen and oxygen atoms in total. The zero-order valence-corrected chi connectivity index (χ0v) is 9.95. The predicted octanol–water partition coefficient (Wildman–Crippen LogP) is 2.43. The number of benzene rings is 1. The first-order valence-electron chi connectivity index (χ1n) is 6.34. The highest BCUT2D eigenvalue weighted by Gasteiger charge is 2.32. The molecule has 0 unspecified atom stereocenters. The lowest BCUT2D eigenvalue weighted by atomic mass is 9.80. The number of hydrogen-bond donors (Lipinski definition) is 1. The zero-order valence-electron chi connectivity index (χ0n) is 9.95. The molecule has 3 rings (SSSR count). The van der Waals surface area contributed by atoms with Gasteiger partial charge in [-0.1, -0.05) is 19.1 Å². The average molecular weight is 216 g/mol. The third-order valence-corrected chi connectivity index (χ3v) is 4.20. The van der Waals surface area contributed by atoms with Crippen molar-refractivity contribution in [1.82, 2.24) is 4.90 Å². The molecule has 2 aliphatic rings. The van der Waals surface area contributed by atoms with Gasteiger partial charge in [-0.25, -0.2) is 0 Å². The molecule has 0 bridgehead atoms. The Morgan fingerprint density at radius 3 is 2.88 bits per heavy atom. The minimum Gasteiger partial charge on any atom is -0.398 e. The van der Waals surface area contributed by atoms with Crippen LogP contribution in [0, 0.1) is 5.92 Å². The van der Waals surface area contributed by atoms with Crippen molar-refractivity contribution in [1.29, 1.82) is 0 Å². The molecule has 1 aromatic rings. The van der Waals surface area contributed by atoms with Gasteiger partial charge in [-0.15, -0.1) is 0 Å². The molecule has 1 heterocycles. The number of fused-ring (bicyclic) bond motifs is 1. The fourth-order valence-electron chi connectivity index (χ4n) is 3.13. The number of nitrogens with two attached hydrogens (primary N) is 1. The van der Waals surface area contributed by atoms with Crippen LogP contribution in [0.15, 0.2) is 18.2 Å². The van der Waals surface area contributed by atoms with Crippen molar-refractivity contribution in [2.75, 3.05) is 12.3 Å². The van der Waals surface area contributed by atoms with Gasteiger partial charge in [0.15, 0.2) is 0 Å². The Morgan fingerprint density at radius 1 is 1.31 bits per heavy atom.